The molecule has 0 spiro atoms. The number of piperazine rings is 1. The molecule has 2 aromatic carbocycles. The number of nitrogens with zero attached hydrogens (tertiary/aromatic N) is 2. The van der Waals surface area contributed by atoms with Crippen LogP contribution in [-0.4, -0.2) is 48.0 Å². The number of amides is 2. The van der Waals surface area contributed by atoms with E-state index in [0.717, 1.165) is 25.2 Å². The van der Waals surface area contributed by atoms with E-state index in [0.29, 0.717) is 29.4 Å². The van der Waals surface area contributed by atoms with Gasteiger partial charge in [0, 0.05) is 42.8 Å². The fourth-order valence-corrected chi connectivity index (χ4v) is 4.21. The Hall–Kier alpha value is -2.64. The average molecular weight is 487 g/mol. The molecule has 2 aromatic rings. The molecule has 0 bridgehead atoms. The number of hydrogen-bond acceptors (Lipinski definition) is 4. The van der Waals surface area contributed by atoms with Gasteiger partial charge in [-0.05, 0) is 54.5 Å². The Kier molecular flexibility index (Phi) is 7.97. The maximum absolute atomic E-state index is 12.5. The molecule has 0 atom stereocenters. The molecule has 2 amide bonds. The zero-order chi connectivity index (χ0) is 24.2. The predicted octanol–water partition coefficient (Wildman–Crippen LogP) is 4.72. The fourth-order valence-electron chi connectivity index (χ4n) is 3.70. The van der Waals surface area contributed by atoms with Crippen molar-refractivity contribution >= 4 is 52.1 Å². The first kappa shape index (κ1) is 25.0. The van der Waals surface area contributed by atoms with Crippen LogP contribution in [0, 0.1) is 5.41 Å². The molecular weight excluding hydrogens is 456 g/mol. The Balaban J connectivity index is 1.56. The van der Waals surface area contributed by atoms with E-state index in [1.807, 2.05) is 49.9 Å². The van der Waals surface area contributed by atoms with E-state index < -0.39 is 0 Å². The molecule has 33 heavy (non-hydrogen) atoms. The van der Waals surface area contributed by atoms with Crippen molar-refractivity contribution in [1.29, 1.82) is 0 Å². The van der Waals surface area contributed by atoms with Gasteiger partial charge in [-0.2, -0.15) is 0 Å². The minimum absolute atomic E-state index is 0.171. The lowest BCUT2D eigenvalue weighted by molar-refractivity contribution is -0.139. The molecule has 3 rings (SSSR count). The Bertz CT molecular complexity index is 1030. The molecule has 1 aliphatic rings. The molecule has 6 nitrogen and oxygen atoms in total. The van der Waals surface area contributed by atoms with E-state index in [2.05, 4.69) is 22.5 Å². The van der Waals surface area contributed by atoms with Crippen LogP contribution in [0.5, 0.6) is 0 Å². The number of benzene rings is 2. The Morgan fingerprint density at radius 3 is 2.21 bits per heavy atom. The SMILES string of the molecule is CCc1ccc(C(=O)NC(=S)Nc2ccc(N3CCN(C(=O)C(C)(C)C)CC3)c(Cl)c2)cc1. The van der Waals surface area contributed by atoms with E-state index in [9.17, 15) is 9.59 Å². The lowest BCUT2D eigenvalue weighted by Crippen LogP contribution is -2.51. The Morgan fingerprint density at radius 2 is 1.67 bits per heavy atom. The fraction of sp³-hybridized carbons (Fsp3) is 0.400. The van der Waals surface area contributed by atoms with Gasteiger partial charge in [-0.1, -0.05) is 51.4 Å². The molecule has 1 saturated heterocycles. The minimum atomic E-state index is -0.375. The predicted molar refractivity (Wildman–Crippen MR) is 139 cm³/mol. The van der Waals surface area contributed by atoms with Crippen molar-refractivity contribution in [2.75, 3.05) is 36.4 Å². The van der Waals surface area contributed by atoms with Gasteiger partial charge < -0.3 is 15.1 Å². The topological polar surface area (TPSA) is 64.7 Å². The molecule has 8 heteroatoms. The molecule has 0 radical (unpaired) electrons. The molecule has 176 valence electrons. The van der Waals surface area contributed by atoms with Crippen molar-refractivity contribution in [3.63, 3.8) is 0 Å². The third kappa shape index (κ3) is 6.45. The summed E-state index contributed by atoms with van der Waals surface area (Å²) in [5.74, 6) is -0.0924. The average Bonchev–Trinajstić information content (AvgIpc) is 2.78. The van der Waals surface area contributed by atoms with Crippen molar-refractivity contribution < 1.29 is 9.59 Å². The molecular formula is C25H31ClN4O2S. The normalized spacial score (nSPS) is 14.1. The maximum Gasteiger partial charge on any atom is 0.257 e. The largest absolute Gasteiger partial charge is 0.367 e. The van der Waals surface area contributed by atoms with Crippen LogP contribution < -0.4 is 15.5 Å². The van der Waals surface area contributed by atoms with Crippen molar-refractivity contribution in [2.24, 2.45) is 5.41 Å². The number of hydrogen-bond donors (Lipinski definition) is 2. The lowest BCUT2D eigenvalue weighted by Gasteiger charge is -2.39. The summed E-state index contributed by atoms with van der Waals surface area (Å²) in [6.45, 7) is 10.7. The minimum Gasteiger partial charge on any atom is -0.367 e. The second kappa shape index (κ2) is 10.5. The van der Waals surface area contributed by atoms with Crippen molar-refractivity contribution in [3.05, 3.63) is 58.6 Å². The third-order valence-electron chi connectivity index (χ3n) is 5.61. The van der Waals surface area contributed by atoms with Crippen molar-refractivity contribution in [3.8, 4) is 0 Å². The van der Waals surface area contributed by atoms with Gasteiger partial charge in [-0.3, -0.25) is 14.9 Å². The van der Waals surface area contributed by atoms with E-state index in [1.165, 1.54) is 5.56 Å². The standard InChI is InChI=1S/C25H31ClN4O2S/c1-5-17-6-8-18(9-7-17)22(31)28-24(33)27-19-10-11-21(20(26)16-19)29-12-14-30(15-13-29)23(32)25(2,3)4/h6-11,16H,5,12-15H2,1-4H3,(H2,27,28,31,33). The van der Waals surface area contributed by atoms with Crippen LogP contribution in [0.2, 0.25) is 5.02 Å². The van der Waals surface area contributed by atoms with E-state index >= 15 is 0 Å². The maximum atomic E-state index is 12.5. The lowest BCUT2D eigenvalue weighted by atomic mass is 9.94. The van der Waals surface area contributed by atoms with E-state index in [-0.39, 0.29) is 22.3 Å². The third-order valence-corrected chi connectivity index (χ3v) is 6.11. The summed E-state index contributed by atoms with van der Waals surface area (Å²) in [6, 6.07) is 13.0. The number of rotatable bonds is 4. The van der Waals surface area contributed by atoms with Crippen LogP contribution >= 0.6 is 23.8 Å². The molecule has 0 unspecified atom stereocenters. The van der Waals surface area contributed by atoms with E-state index in [4.69, 9.17) is 23.8 Å². The number of carbonyl (C=O) groups excluding carboxylic acids is 2. The number of halogens is 1. The molecule has 2 N–H and O–H groups in total. The highest BCUT2D eigenvalue weighted by Gasteiger charge is 2.30. The first-order valence-corrected chi connectivity index (χ1v) is 11.9. The van der Waals surface area contributed by atoms with Crippen LogP contribution in [0.15, 0.2) is 42.5 Å². The van der Waals surface area contributed by atoms with Gasteiger partial charge in [-0.25, -0.2) is 0 Å². The van der Waals surface area contributed by atoms with Gasteiger partial charge in [0.05, 0.1) is 10.7 Å². The smallest absolute Gasteiger partial charge is 0.257 e. The number of aryl methyl sites for hydroxylation is 1. The summed E-state index contributed by atoms with van der Waals surface area (Å²) in [6.07, 6.45) is 0.920. The summed E-state index contributed by atoms with van der Waals surface area (Å²) in [5.41, 5.74) is 2.95. The Morgan fingerprint density at radius 1 is 1.03 bits per heavy atom. The first-order chi connectivity index (χ1) is 15.6. The second-order valence-electron chi connectivity index (χ2n) is 9.15. The number of nitrogens with one attached hydrogen (secondary N) is 2. The van der Waals surface area contributed by atoms with Gasteiger partial charge in [0.15, 0.2) is 5.11 Å². The summed E-state index contributed by atoms with van der Waals surface area (Å²) in [7, 11) is 0. The highest BCUT2D eigenvalue weighted by Crippen LogP contribution is 2.30. The summed E-state index contributed by atoms with van der Waals surface area (Å²) in [4.78, 5) is 29.0. The second-order valence-corrected chi connectivity index (χ2v) is 9.97. The van der Waals surface area contributed by atoms with Crippen LogP contribution in [-0.2, 0) is 11.2 Å². The first-order valence-electron chi connectivity index (χ1n) is 11.1. The van der Waals surface area contributed by atoms with Gasteiger partial charge in [0.2, 0.25) is 5.91 Å². The van der Waals surface area contributed by atoms with Crippen molar-refractivity contribution in [1.82, 2.24) is 10.2 Å². The molecule has 0 saturated carbocycles. The number of carbonyl (C=O) groups is 2. The van der Waals surface area contributed by atoms with Crippen LogP contribution in [0.4, 0.5) is 11.4 Å². The highest BCUT2D eigenvalue weighted by molar-refractivity contribution is 7.80. The summed E-state index contributed by atoms with van der Waals surface area (Å²) >= 11 is 11.9. The van der Waals surface area contributed by atoms with Crippen LogP contribution in [0.1, 0.15) is 43.6 Å². The van der Waals surface area contributed by atoms with Crippen LogP contribution in [0.25, 0.3) is 0 Å². The quantitative estimate of drug-likeness (QED) is 0.612. The zero-order valence-corrected chi connectivity index (χ0v) is 21.1. The monoisotopic (exact) mass is 486 g/mol. The van der Waals surface area contributed by atoms with Gasteiger partial charge in [0.25, 0.3) is 5.91 Å². The highest BCUT2D eigenvalue weighted by atomic mass is 35.5. The van der Waals surface area contributed by atoms with Crippen molar-refractivity contribution in [2.45, 2.75) is 34.1 Å². The van der Waals surface area contributed by atoms with Gasteiger partial charge in [0.1, 0.15) is 0 Å². The molecule has 1 fully saturated rings. The van der Waals surface area contributed by atoms with Gasteiger partial charge >= 0.3 is 0 Å². The summed E-state index contributed by atoms with van der Waals surface area (Å²) < 4.78 is 0. The van der Waals surface area contributed by atoms with E-state index in [1.54, 1.807) is 18.2 Å². The summed E-state index contributed by atoms with van der Waals surface area (Å²) in [5, 5.41) is 6.51. The molecule has 1 aliphatic heterocycles. The zero-order valence-electron chi connectivity index (χ0n) is 19.6. The van der Waals surface area contributed by atoms with Crippen LogP contribution in [0.3, 0.4) is 0 Å². The number of thiocarbonyl (C=S) groups is 1. The molecule has 1 heterocycles. The number of anilines is 2. The molecule has 0 aliphatic carbocycles. The van der Waals surface area contributed by atoms with Gasteiger partial charge in [-0.15, -0.1) is 0 Å². The molecule has 0 aromatic heterocycles. The Labute approximate surface area is 206 Å².